The van der Waals surface area contributed by atoms with Crippen molar-refractivity contribution in [2.24, 2.45) is 5.92 Å². The van der Waals surface area contributed by atoms with Gasteiger partial charge in [-0.1, -0.05) is 12.8 Å². The van der Waals surface area contributed by atoms with Gasteiger partial charge in [-0.2, -0.15) is 0 Å². The third-order valence-electron chi connectivity index (χ3n) is 4.60. The molecule has 1 saturated heterocycles. The molecule has 0 bridgehead atoms. The number of hydrogen-bond acceptors (Lipinski definition) is 4. The number of nitrogens with zero attached hydrogens (tertiary/aromatic N) is 1. The fourth-order valence-electron chi connectivity index (χ4n) is 3.15. The standard InChI is InChI=1S/C16H22Br2N2O2.2ClH/c1-22-13-9-11(14(17)15(18)16(13)21)12(8-10-2-3-10)20-6-4-19-5-7-20;;/h9-10,12,19,21H,2-8H2,1H3;2*1H/t12-;;/m0../s1. The van der Waals surface area contributed by atoms with Gasteiger partial charge >= 0.3 is 0 Å². The maximum atomic E-state index is 10.2. The zero-order valence-electron chi connectivity index (χ0n) is 13.6. The lowest BCUT2D eigenvalue weighted by molar-refractivity contribution is 0.159. The smallest absolute Gasteiger partial charge is 0.173 e. The highest BCUT2D eigenvalue weighted by Crippen LogP contribution is 2.48. The Morgan fingerprint density at radius 2 is 1.88 bits per heavy atom. The number of phenolic OH excluding ortho intramolecular Hbond substituents is 1. The van der Waals surface area contributed by atoms with Crippen LogP contribution in [0.3, 0.4) is 0 Å². The quantitative estimate of drug-likeness (QED) is 0.616. The van der Waals surface area contributed by atoms with E-state index in [9.17, 15) is 5.11 Å². The van der Waals surface area contributed by atoms with E-state index >= 15 is 0 Å². The molecule has 24 heavy (non-hydrogen) atoms. The normalized spacial score (nSPS) is 19.1. The van der Waals surface area contributed by atoms with Crippen molar-refractivity contribution in [3.05, 3.63) is 20.6 Å². The van der Waals surface area contributed by atoms with Gasteiger partial charge in [-0.05, 0) is 55.8 Å². The van der Waals surface area contributed by atoms with Gasteiger partial charge in [0.15, 0.2) is 11.5 Å². The molecular formula is C16H24Br2Cl2N2O2. The van der Waals surface area contributed by atoms with Crippen molar-refractivity contribution in [3.63, 3.8) is 0 Å². The minimum Gasteiger partial charge on any atom is -0.503 e. The second-order valence-corrected chi connectivity index (χ2v) is 7.71. The van der Waals surface area contributed by atoms with Gasteiger partial charge in [0.2, 0.25) is 0 Å². The molecule has 1 aliphatic carbocycles. The molecule has 1 aromatic carbocycles. The summed E-state index contributed by atoms with van der Waals surface area (Å²) in [6.07, 6.45) is 3.87. The lowest BCUT2D eigenvalue weighted by Gasteiger charge is -2.36. The third-order valence-corrected chi connectivity index (χ3v) is 6.76. The minimum atomic E-state index is 0. The lowest BCUT2D eigenvalue weighted by atomic mass is 9.98. The summed E-state index contributed by atoms with van der Waals surface area (Å²) >= 11 is 7.16. The molecule has 138 valence electrons. The number of nitrogens with one attached hydrogen (secondary N) is 1. The van der Waals surface area contributed by atoms with Crippen LogP contribution in [-0.4, -0.2) is 43.3 Å². The van der Waals surface area contributed by atoms with Crippen LogP contribution >= 0.6 is 56.7 Å². The maximum absolute atomic E-state index is 10.2. The predicted molar refractivity (Wildman–Crippen MR) is 109 cm³/mol. The Morgan fingerprint density at radius 1 is 1.25 bits per heavy atom. The summed E-state index contributed by atoms with van der Waals surface area (Å²) in [4.78, 5) is 2.55. The fourth-order valence-corrected chi connectivity index (χ4v) is 4.14. The van der Waals surface area contributed by atoms with E-state index in [-0.39, 0.29) is 30.6 Å². The van der Waals surface area contributed by atoms with Crippen LogP contribution in [-0.2, 0) is 0 Å². The molecule has 0 radical (unpaired) electrons. The molecule has 1 aliphatic heterocycles. The van der Waals surface area contributed by atoms with Crippen LogP contribution in [0.5, 0.6) is 11.5 Å². The summed E-state index contributed by atoms with van der Waals surface area (Å²) in [7, 11) is 1.60. The van der Waals surface area contributed by atoms with Gasteiger partial charge in [0.05, 0.1) is 11.6 Å². The maximum Gasteiger partial charge on any atom is 0.173 e. The molecule has 1 atom stereocenters. The first kappa shape index (κ1) is 22.3. The molecule has 2 fully saturated rings. The summed E-state index contributed by atoms with van der Waals surface area (Å²) in [5.74, 6) is 1.52. The van der Waals surface area contributed by atoms with Crippen molar-refractivity contribution in [3.8, 4) is 11.5 Å². The molecule has 2 aliphatic rings. The molecule has 2 N–H and O–H groups in total. The number of hydrogen-bond donors (Lipinski definition) is 2. The van der Waals surface area contributed by atoms with E-state index < -0.39 is 0 Å². The summed E-state index contributed by atoms with van der Waals surface area (Å²) in [6, 6.07) is 2.36. The zero-order valence-corrected chi connectivity index (χ0v) is 18.4. The number of halogens is 4. The Morgan fingerprint density at radius 3 is 2.42 bits per heavy atom. The van der Waals surface area contributed by atoms with E-state index in [1.807, 2.05) is 6.07 Å². The SMILES string of the molecule is COc1cc([C@H](CC2CC2)N2CCNCC2)c(Br)c(Br)c1O.Cl.Cl. The molecule has 4 nitrogen and oxygen atoms in total. The van der Waals surface area contributed by atoms with Gasteiger partial charge < -0.3 is 15.2 Å². The Balaban J connectivity index is 0.00000144. The van der Waals surface area contributed by atoms with Crippen LogP contribution in [0.15, 0.2) is 15.0 Å². The second kappa shape index (κ2) is 9.83. The van der Waals surface area contributed by atoms with Gasteiger partial charge in [-0.25, -0.2) is 0 Å². The molecule has 8 heteroatoms. The number of ether oxygens (including phenoxy) is 1. The van der Waals surface area contributed by atoms with Crippen molar-refractivity contribution >= 4 is 56.7 Å². The van der Waals surface area contributed by atoms with E-state index in [2.05, 4.69) is 42.1 Å². The third kappa shape index (κ3) is 4.92. The first-order valence-electron chi connectivity index (χ1n) is 7.81. The monoisotopic (exact) mass is 504 g/mol. The van der Waals surface area contributed by atoms with Gasteiger partial charge in [-0.3, -0.25) is 4.90 Å². The van der Waals surface area contributed by atoms with Crippen molar-refractivity contribution in [2.75, 3.05) is 33.3 Å². The number of benzene rings is 1. The Hall–Kier alpha value is 0.280. The van der Waals surface area contributed by atoms with Crippen LogP contribution in [0, 0.1) is 5.92 Å². The highest BCUT2D eigenvalue weighted by atomic mass is 79.9. The lowest BCUT2D eigenvalue weighted by Crippen LogP contribution is -2.45. The second-order valence-electron chi connectivity index (χ2n) is 6.13. The molecular weight excluding hydrogens is 483 g/mol. The number of piperazine rings is 1. The minimum absolute atomic E-state index is 0. The predicted octanol–water partition coefficient (Wildman–Crippen LogP) is 4.52. The molecule has 1 heterocycles. The molecule has 0 unspecified atom stereocenters. The molecule has 1 saturated carbocycles. The summed E-state index contributed by atoms with van der Waals surface area (Å²) in [5.41, 5.74) is 1.20. The Kier molecular flexibility index (Phi) is 9.15. The summed E-state index contributed by atoms with van der Waals surface area (Å²) < 4.78 is 6.97. The topological polar surface area (TPSA) is 44.7 Å². The zero-order chi connectivity index (χ0) is 15.7. The number of methoxy groups -OCH3 is 1. The largest absolute Gasteiger partial charge is 0.503 e. The summed E-state index contributed by atoms with van der Waals surface area (Å²) in [6.45, 7) is 4.19. The summed E-state index contributed by atoms with van der Waals surface area (Å²) in [5, 5.41) is 13.6. The fraction of sp³-hybridized carbons (Fsp3) is 0.625. The van der Waals surface area contributed by atoms with Crippen LogP contribution in [0.1, 0.15) is 30.9 Å². The number of phenols is 1. The van der Waals surface area contributed by atoms with Gasteiger partial charge in [0, 0.05) is 36.7 Å². The van der Waals surface area contributed by atoms with Crippen molar-refractivity contribution in [1.82, 2.24) is 10.2 Å². The first-order valence-corrected chi connectivity index (χ1v) is 9.40. The van der Waals surface area contributed by atoms with Gasteiger partial charge in [0.1, 0.15) is 0 Å². The Bertz CT molecular complexity index is 553. The molecule has 0 amide bonds. The van der Waals surface area contributed by atoms with Crippen LogP contribution < -0.4 is 10.1 Å². The average Bonchev–Trinajstić information content (AvgIpc) is 3.36. The van der Waals surface area contributed by atoms with E-state index in [4.69, 9.17) is 4.74 Å². The van der Waals surface area contributed by atoms with Crippen molar-refractivity contribution in [2.45, 2.75) is 25.3 Å². The highest BCUT2D eigenvalue weighted by molar-refractivity contribution is 9.13. The van der Waals surface area contributed by atoms with Crippen LogP contribution in [0.4, 0.5) is 0 Å². The molecule has 0 spiro atoms. The van der Waals surface area contributed by atoms with E-state index in [1.165, 1.54) is 24.8 Å². The van der Waals surface area contributed by atoms with Gasteiger partial charge in [0.25, 0.3) is 0 Å². The molecule has 1 aromatic rings. The molecule has 0 aromatic heterocycles. The van der Waals surface area contributed by atoms with Crippen LogP contribution in [0.25, 0.3) is 0 Å². The number of aromatic hydroxyl groups is 1. The van der Waals surface area contributed by atoms with Crippen molar-refractivity contribution < 1.29 is 9.84 Å². The van der Waals surface area contributed by atoms with E-state index in [0.717, 1.165) is 36.6 Å². The van der Waals surface area contributed by atoms with Crippen LogP contribution in [0.2, 0.25) is 0 Å². The van der Waals surface area contributed by atoms with Gasteiger partial charge in [-0.15, -0.1) is 24.8 Å². The van der Waals surface area contributed by atoms with Crippen molar-refractivity contribution in [1.29, 1.82) is 0 Å². The van der Waals surface area contributed by atoms with E-state index in [1.54, 1.807) is 7.11 Å². The Labute approximate surface area is 172 Å². The molecule has 3 rings (SSSR count). The average molecular weight is 507 g/mol. The highest BCUT2D eigenvalue weighted by Gasteiger charge is 2.32. The van der Waals surface area contributed by atoms with E-state index in [0.29, 0.717) is 16.3 Å². The first-order chi connectivity index (χ1) is 10.6. The number of rotatable bonds is 5.